The molecule has 29 heavy (non-hydrogen) atoms. The summed E-state index contributed by atoms with van der Waals surface area (Å²) < 4.78 is 31.3. The first-order chi connectivity index (χ1) is 14.0. The van der Waals surface area contributed by atoms with Gasteiger partial charge in [-0.3, -0.25) is 0 Å². The third-order valence-electron chi connectivity index (χ3n) is 3.70. The van der Waals surface area contributed by atoms with Crippen molar-refractivity contribution in [1.29, 1.82) is 0 Å². The van der Waals surface area contributed by atoms with Crippen LogP contribution < -0.4 is 18.8 Å². The van der Waals surface area contributed by atoms with E-state index in [1.54, 1.807) is 38.1 Å². The summed E-state index contributed by atoms with van der Waals surface area (Å²) in [6.45, 7) is 4.01. The van der Waals surface area contributed by atoms with E-state index in [1.165, 1.54) is 26.4 Å². The molecule has 2 aromatic carbocycles. The molecule has 0 bridgehead atoms. The summed E-state index contributed by atoms with van der Waals surface area (Å²) >= 11 is 0. The van der Waals surface area contributed by atoms with E-state index in [-0.39, 0.29) is 13.2 Å². The Bertz CT molecular complexity index is 783. The Kier molecular flexibility index (Phi) is 8.20. The zero-order valence-corrected chi connectivity index (χ0v) is 16.7. The SMILES string of the molecule is CCOC(=O)c1ccc(O[B]Oc2ccc(C(=O)OCC)cc2OC)c(OC)c1. The van der Waals surface area contributed by atoms with E-state index < -0.39 is 11.9 Å². The molecule has 0 N–H and O–H groups in total. The van der Waals surface area contributed by atoms with E-state index in [2.05, 4.69) is 0 Å². The molecule has 2 rings (SSSR count). The number of rotatable bonds is 10. The second-order valence-electron chi connectivity index (χ2n) is 5.50. The monoisotopic (exact) mass is 401 g/mol. The maximum absolute atomic E-state index is 11.8. The molecule has 0 saturated heterocycles. The molecule has 0 aromatic heterocycles. The number of benzene rings is 2. The van der Waals surface area contributed by atoms with Crippen LogP contribution in [0.3, 0.4) is 0 Å². The lowest BCUT2D eigenvalue weighted by molar-refractivity contribution is 0.0516. The van der Waals surface area contributed by atoms with E-state index >= 15 is 0 Å². The van der Waals surface area contributed by atoms with Crippen LogP contribution in [0.5, 0.6) is 23.0 Å². The average Bonchev–Trinajstić information content (AvgIpc) is 2.74. The average molecular weight is 401 g/mol. The van der Waals surface area contributed by atoms with Gasteiger partial charge in [-0.15, -0.1) is 0 Å². The fourth-order valence-electron chi connectivity index (χ4n) is 2.34. The van der Waals surface area contributed by atoms with Crippen molar-refractivity contribution in [3.05, 3.63) is 47.5 Å². The Labute approximate surface area is 169 Å². The standard InChI is InChI=1S/C20H22BO8/c1-5-26-19(22)13-7-9-15(17(11-13)24-3)28-21-29-16-10-8-14(12-18(16)25-4)20(23)27-6-2/h7-12H,5-6H2,1-4H3. The lowest BCUT2D eigenvalue weighted by atomic mass is 10.2. The van der Waals surface area contributed by atoms with Crippen LogP contribution in [-0.2, 0) is 9.47 Å². The van der Waals surface area contributed by atoms with Gasteiger partial charge in [-0.2, -0.15) is 0 Å². The van der Waals surface area contributed by atoms with Crippen molar-refractivity contribution in [1.82, 2.24) is 0 Å². The summed E-state index contributed by atoms with van der Waals surface area (Å²) in [6, 6.07) is 9.25. The van der Waals surface area contributed by atoms with Crippen molar-refractivity contribution in [2.24, 2.45) is 0 Å². The highest BCUT2D eigenvalue weighted by molar-refractivity contribution is 6.21. The highest BCUT2D eigenvalue weighted by Gasteiger charge is 2.16. The third kappa shape index (κ3) is 5.81. The lowest BCUT2D eigenvalue weighted by Crippen LogP contribution is -2.13. The number of methoxy groups -OCH3 is 2. The van der Waals surface area contributed by atoms with Crippen LogP contribution in [0, 0.1) is 0 Å². The van der Waals surface area contributed by atoms with E-state index in [9.17, 15) is 9.59 Å². The maximum atomic E-state index is 11.8. The number of hydrogen-bond acceptors (Lipinski definition) is 8. The Morgan fingerprint density at radius 2 is 1.14 bits per heavy atom. The molecule has 153 valence electrons. The summed E-state index contributed by atoms with van der Waals surface area (Å²) in [4.78, 5) is 23.6. The fourth-order valence-corrected chi connectivity index (χ4v) is 2.34. The van der Waals surface area contributed by atoms with Crippen molar-refractivity contribution in [2.45, 2.75) is 13.8 Å². The molecule has 0 saturated carbocycles. The molecule has 8 nitrogen and oxygen atoms in total. The van der Waals surface area contributed by atoms with Crippen LogP contribution in [0.4, 0.5) is 0 Å². The largest absolute Gasteiger partial charge is 0.658 e. The summed E-state index contributed by atoms with van der Waals surface area (Å²) in [5.74, 6) is 0.429. The number of ether oxygens (including phenoxy) is 4. The molecule has 0 fully saturated rings. The van der Waals surface area contributed by atoms with Crippen LogP contribution >= 0.6 is 0 Å². The van der Waals surface area contributed by atoms with Gasteiger partial charge in [0.05, 0.1) is 38.6 Å². The van der Waals surface area contributed by atoms with Gasteiger partial charge >= 0.3 is 19.6 Å². The molecular weight excluding hydrogens is 379 g/mol. The lowest BCUT2D eigenvalue weighted by Gasteiger charge is -2.13. The molecule has 0 amide bonds. The first-order valence-electron chi connectivity index (χ1n) is 8.89. The highest BCUT2D eigenvalue weighted by Crippen LogP contribution is 2.30. The summed E-state index contributed by atoms with van der Waals surface area (Å²) in [5, 5.41) is 0. The summed E-state index contributed by atoms with van der Waals surface area (Å²) in [5.41, 5.74) is 0.682. The van der Waals surface area contributed by atoms with Crippen LogP contribution in [0.25, 0.3) is 0 Å². The first kappa shape index (κ1) is 21.9. The Morgan fingerprint density at radius 3 is 1.48 bits per heavy atom. The quantitative estimate of drug-likeness (QED) is 0.443. The van der Waals surface area contributed by atoms with Gasteiger partial charge in [0.1, 0.15) is 11.5 Å². The normalized spacial score (nSPS) is 9.93. The minimum atomic E-state index is -0.455. The molecule has 9 heteroatoms. The molecule has 1 radical (unpaired) electrons. The Hall–Kier alpha value is -3.36. The molecule has 0 heterocycles. The number of carbonyl (C=O) groups is 2. The fraction of sp³-hybridized carbons (Fsp3) is 0.300. The molecule has 2 aromatic rings. The molecule has 0 unspecified atom stereocenters. The van der Waals surface area contributed by atoms with Crippen LogP contribution in [0.15, 0.2) is 36.4 Å². The number of hydrogen-bond donors (Lipinski definition) is 0. The van der Waals surface area contributed by atoms with Crippen molar-refractivity contribution in [3.63, 3.8) is 0 Å². The van der Waals surface area contributed by atoms with E-state index in [1.807, 2.05) is 0 Å². The smallest absolute Gasteiger partial charge is 0.524 e. The zero-order chi connectivity index (χ0) is 21.2. The van der Waals surface area contributed by atoms with Gasteiger partial charge in [-0.25, -0.2) is 9.59 Å². The highest BCUT2D eigenvalue weighted by atomic mass is 16.6. The van der Waals surface area contributed by atoms with Gasteiger partial charge < -0.3 is 28.3 Å². The van der Waals surface area contributed by atoms with Crippen molar-refractivity contribution in [3.8, 4) is 23.0 Å². The second kappa shape index (κ2) is 10.8. The van der Waals surface area contributed by atoms with Crippen LogP contribution in [0.2, 0.25) is 0 Å². The van der Waals surface area contributed by atoms with Gasteiger partial charge in [0.25, 0.3) is 0 Å². The van der Waals surface area contributed by atoms with Crippen molar-refractivity contribution >= 4 is 19.6 Å². The van der Waals surface area contributed by atoms with Crippen molar-refractivity contribution < 1.29 is 37.8 Å². The van der Waals surface area contributed by atoms with E-state index in [0.29, 0.717) is 34.1 Å². The van der Waals surface area contributed by atoms with Gasteiger partial charge in [0.2, 0.25) is 0 Å². The minimum Gasteiger partial charge on any atom is -0.524 e. The maximum Gasteiger partial charge on any atom is 0.658 e. The minimum absolute atomic E-state index is 0.276. The molecule has 0 aliphatic rings. The third-order valence-corrected chi connectivity index (χ3v) is 3.70. The molecule has 0 atom stereocenters. The Morgan fingerprint density at radius 1 is 0.724 bits per heavy atom. The van der Waals surface area contributed by atoms with Crippen LogP contribution in [-0.4, -0.2) is 47.1 Å². The topological polar surface area (TPSA) is 89.5 Å². The number of esters is 2. The van der Waals surface area contributed by atoms with Gasteiger partial charge in [0.15, 0.2) is 11.5 Å². The zero-order valence-electron chi connectivity index (χ0n) is 16.7. The van der Waals surface area contributed by atoms with Gasteiger partial charge in [-0.1, -0.05) is 0 Å². The molecule has 0 aliphatic carbocycles. The van der Waals surface area contributed by atoms with Crippen molar-refractivity contribution in [2.75, 3.05) is 27.4 Å². The molecule has 0 spiro atoms. The number of carbonyl (C=O) groups excluding carboxylic acids is 2. The van der Waals surface area contributed by atoms with Crippen LogP contribution in [0.1, 0.15) is 34.6 Å². The summed E-state index contributed by atoms with van der Waals surface area (Å²) in [6.07, 6.45) is 0. The molecular formula is C20H22BO8. The Balaban J connectivity index is 2.05. The predicted octanol–water partition coefficient (Wildman–Crippen LogP) is 3.05. The predicted molar refractivity (Wildman–Crippen MR) is 105 cm³/mol. The van der Waals surface area contributed by atoms with E-state index in [4.69, 9.17) is 28.3 Å². The van der Waals surface area contributed by atoms with Gasteiger partial charge in [-0.05, 0) is 50.2 Å². The molecule has 0 aliphatic heterocycles. The summed E-state index contributed by atoms with van der Waals surface area (Å²) in [7, 11) is 3.99. The van der Waals surface area contributed by atoms with Gasteiger partial charge in [0, 0.05) is 0 Å². The second-order valence-corrected chi connectivity index (χ2v) is 5.50. The first-order valence-corrected chi connectivity index (χ1v) is 8.89. The van der Waals surface area contributed by atoms with E-state index in [0.717, 1.165) is 7.69 Å².